The minimum atomic E-state index is -0.429. The zero-order valence-corrected chi connectivity index (χ0v) is 19.3. The summed E-state index contributed by atoms with van der Waals surface area (Å²) in [5.41, 5.74) is 6.18. The Hall–Kier alpha value is -2.52. The maximum Gasteiger partial charge on any atom is 0.240 e. The number of nitrogens with one attached hydrogen (secondary N) is 2. The number of amides is 1. The number of halogens is 1. The zero-order valence-electron chi connectivity index (χ0n) is 16.8. The van der Waals surface area contributed by atoms with Crippen LogP contribution in [0.2, 0.25) is 0 Å². The third kappa shape index (κ3) is 4.17. The van der Waals surface area contributed by atoms with Crippen LogP contribution in [0.25, 0.3) is 0 Å². The van der Waals surface area contributed by atoms with Gasteiger partial charge >= 0.3 is 0 Å². The van der Waals surface area contributed by atoms with Gasteiger partial charge in [0.1, 0.15) is 16.8 Å². The highest BCUT2D eigenvalue weighted by molar-refractivity contribution is 9.10. The summed E-state index contributed by atoms with van der Waals surface area (Å²) in [6.07, 6.45) is 0. The lowest BCUT2D eigenvalue weighted by atomic mass is 10.0. The molecule has 1 aliphatic rings. The molecule has 2 atom stereocenters. The first-order valence-electron chi connectivity index (χ1n) is 9.61. The van der Waals surface area contributed by atoms with Gasteiger partial charge < -0.3 is 15.5 Å². The molecule has 1 aromatic heterocycles. The van der Waals surface area contributed by atoms with E-state index in [2.05, 4.69) is 36.9 Å². The number of aryl methyl sites for hydroxylation is 2. The fourth-order valence-corrected chi connectivity index (χ4v) is 4.92. The molecule has 30 heavy (non-hydrogen) atoms. The van der Waals surface area contributed by atoms with Gasteiger partial charge in [0, 0.05) is 10.2 Å². The number of nitrogens with zero attached hydrogens (tertiary/aromatic N) is 3. The summed E-state index contributed by atoms with van der Waals surface area (Å²) in [7, 11) is 0. The van der Waals surface area contributed by atoms with E-state index in [-0.39, 0.29) is 11.9 Å². The van der Waals surface area contributed by atoms with Crippen molar-refractivity contribution in [2.24, 2.45) is 0 Å². The van der Waals surface area contributed by atoms with Crippen molar-refractivity contribution in [2.75, 3.05) is 17.3 Å². The van der Waals surface area contributed by atoms with Crippen LogP contribution in [0.3, 0.4) is 0 Å². The van der Waals surface area contributed by atoms with Gasteiger partial charge in [-0.25, -0.2) is 4.68 Å². The Morgan fingerprint density at radius 3 is 2.70 bits per heavy atom. The third-order valence-electron chi connectivity index (χ3n) is 4.85. The molecule has 0 bridgehead atoms. The number of rotatable bonds is 5. The van der Waals surface area contributed by atoms with Gasteiger partial charge in [0.25, 0.3) is 0 Å². The summed E-state index contributed by atoms with van der Waals surface area (Å²) in [6, 6.07) is 13.4. The van der Waals surface area contributed by atoms with Crippen LogP contribution in [0.15, 0.2) is 52.1 Å². The maximum absolute atomic E-state index is 13.3. The van der Waals surface area contributed by atoms with Crippen molar-refractivity contribution < 1.29 is 9.53 Å². The number of anilines is 1. The van der Waals surface area contributed by atoms with Crippen molar-refractivity contribution in [2.45, 2.75) is 37.2 Å². The molecule has 4 rings (SSSR count). The standard InChI is InChI=1S/C21H22BrN5O2S/c1-4-29-16-8-5-14(6-9-16)18-19(30-21-25-24-13(3)27(21)26-18)20(28)23-17-10-7-15(22)11-12(17)2/h5-11,18-19,26H,4H2,1-3H3,(H,23,28)/t18-,19+/m1/s1. The Kier molecular flexibility index (Phi) is 6.01. The number of carbonyl (C=O) groups is 1. The van der Waals surface area contributed by atoms with Crippen molar-refractivity contribution in [1.29, 1.82) is 0 Å². The predicted molar refractivity (Wildman–Crippen MR) is 122 cm³/mol. The molecule has 0 saturated carbocycles. The summed E-state index contributed by atoms with van der Waals surface area (Å²) in [5.74, 6) is 1.46. The molecule has 1 amide bonds. The molecule has 0 fully saturated rings. The van der Waals surface area contributed by atoms with Crippen LogP contribution in [0, 0.1) is 13.8 Å². The topological polar surface area (TPSA) is 81.1 Å². The molecule has 156 valence electrons. The van der Waals surface area contributed by atoms with Crippen LogP contribution in [0.4, 0.5) is 5.69 Å². The first-order valence-corrected chi connectivity index (χ1v) is 11.3. The quantitative estimate of drug-likeness (QED) is 0.552. The van der Waals surface area contributed by atoms with Crippen molar-refractivity contribution in [3.05, 3.63) is 63.9 Å². The van der Waals surface area contributed by atoms with Gasteiger partial charge in [-0.2, -0.15) is 0 Å². The van der Waals surface area contributed by atoms with Crippen LogP contribution >= 0.6 is 27.7 Å². The Labute approximate surface area is 187 Å². The van der Waals surface area contributed by atoms with E-state index in [1.54, 1.807) is 0 Å². The lowest BCUT2D eigenvalue weighted by molar-refractivity contribution is -0.116. The number of hydrogen-bond donors (Lipinski definition) is 2. The first kappa shape index (κ1) is 20.7. The van der Waals surface area contributed by atoms with Crippen LogP contribution in [0.5, 0.6) is 5.75 Å². The molecular weight excluding hydrogens is 466 g/mol. The molecule has 0 radical (unpaired) electrons. The van der Waals surface area contributed by atoms with E-state index in [1.807, 2.05) is 67.9 Å². The van der Waals surface area contributed by atoms with Crippen LogP contribution in [-0.2, 0) is 4.79 Å². The van der Waals surface area contributed by atoms with Crippen molar-refractivity contribution in [3.63, 3.8) is 0 Å². The normalized spacial score (nSPS) is 17.7. The third-order valence-corrected chi connectivity index (χ3v) is 6.56. The largest absolute Gasteiger partial charge is 0.494 e. The molecule has 1 aliphatic heterocycles. The van der Waals surface area contributed by atoms with E-state index in [9.17, 15) is 4.79 Å². The number of aromatic nitrogens is 3. The fraction of sp³-hybridized carbons (Fsp3) is 0.286. The molecule has 2 heterocycles. The molecule has 0 spiro atoms. The van der Waals surface area contributed by atoms with Gasteiger partial charge in [-0.1, -0.05) is 39.8 Å². The first-order chi connectivity index (χ1) is 14.5. The summed E-state index contributed by atoms with van der Waals surface area (Å²) >= 11 is 4.87. The smallest absolute Gasteiger partial charge is 0.240 e. The minimum absolute atomic E-state index is 0.0938. The van der Waals surface area contributed by atoms with Crippen molar-refractivity contribution in [1.82, 2.24) is 14.9 Å². The minimum Gasteiger partial charge on any atom is -0.494 e. The van der Waals surface area contributed by atoms with Gasteiger partial charge in [-0.15, -0.1) is 10.2 Å². The molecule has 0 unspecified atom stereocenters. The number of ether oxygens (including phenoxy) is 1. The van der Waals surface area contributed by atoms with Crippen LogP contribution in [-0.4, -0.2) is 32.6 Å². The maximum atomic E-state index is 13.3. The SMILES string of the molecule is CCOc1ccc([C@H]2Nn3c(C)nnc3S[C@@H]2C(=O)Nc2ccc(Br)cc2C)cc1. The summed E-state index contributed by atoms with van der Waals surface area (Å²) in [4.78, 5) is 13.3. The molecule has 2 N–H and O–H groups in total. The van der Waals surface area contributed by atoms with Crippen LogP contribution in [0.1, 0.15) is 29.9 Å². The zero-order chi connectivity index (χ0) is 21.3. The fourth-order valence-electron chi connectivity index (χ4n) is 3.32. The molecule has 7 nitrogen and oxygen atoms in total. The molecule has 2 aromatic carbocycles. The Morgan fingerprint density at radius 1 is 1.23 bits per heavy atom. The Bertz CT molecular complexity index is 1070. The Morgan fingerprint density at radius 2 is 2.00 bits per heavy atom. The van der Waals surface area contributed by atoms with E-state index in [4.69, 9.17) is 4.74 Å². The van der Waals surface area contributed by atoms with E-state index < -0.39 is 5.25 Å². The number of fused-ring (bicyclic) bond motifs is 1. The van der Waals surface area contributed by atoms with E-state index >= 15 is 0 Å². The second kappa shape index (κ2) is 8.69. The van der Waals surface area contributed by atoms with Gasteiger partial charge in [0.2, 0.25) is 11.1 Å². The van der Waals surface area contributed by atoms with Gasteiger partial charge in [0.05, 0.1) is 12.6 Å². The monoisotopic (exact) mass is 487 g/mol. The van der Waals surface area contributed by atoms with Gasteiger partial charge in [-0.05, 0) is 62.2 Å². The van der Waals surface area contributed by atoms with Gasteiger partial charge in [0.15, 0.2) is 0 Å². The van der Waals surface area contributed by atoms with E-state index in [1.165, 1.54) is 11.8 Å². The molecule has 0 saturated heterocycles. The van der Waals surface area contributed by atoms with Crippen molar-refractivity contribution in [3.8, 4) is 5.75 Å². The predicted octanol–water partition coefficient (Wildman–Crippen LogP) is 4.45. The van der Waals surface area contributed by atoms with Gasteiger partial charge in [-0.3, -0.25) is 4.79 Å². The lowest BCUT2D eigenvalue weighted by Gasteiger charge is -2.33. The lowest BCUT2D eigenvalue weighted by Crippen LogP contribution is -2.41. The number of benzene rings is 2. The average Bonchev–Trinajstić information content (AvgIpc) is 3.10. The average molecular weight is 488 g/mol. The second-order valence-electron chi connectivity index (χ2n) is 6.96. The van der Waals surface area contributed by atoms with Crippen molar-refractivity contribution >= 4 is 39.3 Å². The summed E-state index contributed by atoms with van der Waals surface area (Å²) in [5, 5.41) is 11.7. The summed E-state index contributed by atoms with van der Waals surface area (Å²) in [6.45, 7) is 6.41. The second-order valence-corrected chi connectivity index (χ2v) is 8.99. The highest BCUT2D eigenvalue weighted by Crippen LogP contribution is 2.38. The number of hydrogen-bond acceptors (Lipinski definition) is 6. The molecular formula is C21H22BrN5O2S. The van der Waals surface area contributed by atoms with E-state index in [0.29, 0.717) is 11.8 Å². The van der Waals surface area contributed by atoms with E-state index in [0.717, 1.165) is 32.9 Å². The number of thioether (sulfide) groups is 1. The molecule has 3 aromatic rings. The molecule has 9 heteroatoms. The van der Waals surface area contributed by atoms with Crippen LogP contribution < -0.4 is 15.5 Å². The number of carbonyl (C=O) groups excluding carboxylic acids is 1. The molecule has 0 aliphatic carbocycles. The Balaban J connectivity index is 1.64. The summed E-state index contributed by atoms with van der Waals surface area (Å²) < 4.78 is 8.36. The highest BCUT2D eigenvalue weighted by Gasteiger charge is 2.37. The highest BCUT2D eigenvalue weighted by atomic mass is 79.9.